The van der Waals surface area contributed by atoms with E-state index in [2.05, 4.69) is 63.9 Å². The van der Waals surface area contributed by atoms with Crippen LogP contribution in [-0.4, -0.2) is 18.8 Å². The van der Waals surface area contributed by atoms with Crippen LogP contribution in [0, 0.1) is 0 Å². The molecule has 0 spiro atoms. The van der Waals surface area contributed by atoms with Crippen molar-refractivity contribution in [2.75, 3.05) is 18.8 Å². The van der Waals surface area contributed by atoms with E-state index in [0.717, 1.165) is 25.3 Å². The highest BCUT2D eigenvalue weighted by molar-refractivity contribution is 7.80. The maximum Gasteiger partial charge on any atom is 0.0137 e. The maximum absolute atomic E-state index is 4.17. The van der Waals surface area contributed by atoms with Crippen LogP contribution in [0.5, 0.6) is 0 Å². The molecule has 0 unspecified atom stereocenters. The molecule has 19 heavy (non-hydrogen) atoms. The summed E-state index contributed by atoms with van der Waals surface area (Å²) < 4.78 is 0. The predicted molar refractivity (Wildman–Crippen MR) is 92.1 cm³/mol. The smallest absolute Gasteiger partial charge is 0.0137 e. The van der Waals surface area contributed by atoms with Gasteiger partial charge in [0.05, 0.1) is 0 Å². The Labute approximate surface area is 125 Å². The van der Waals surface area contributed by atoms with E-state index in [9.17, 15) is 0 Å². The Kier molecular flexibility index (Phi) is 12.2. The Morgan fingerprint density at radius 2 is 1.47 bits per heavy atom. The summed E-state index contributed by atoms with van der Waals surface area (Å²) in [7, 11) is 0. The largest absolute Gasteiger partial charge is 0.312 e. The minimum absolute atomic E-state index is 0.903. The summed E-state index contributed by atoms with van der Waals surface area (Å²) in [5, 5.41) is 3.33. The fraction of sp³-hybridized carbons (Fsp3) is 0.647. The highest BCUT2D eigenvalue weighted by atomic mass is 32.1. The monoisotopic (exact) mass is 281 g/mol. The molecule has 0 aromatic heterocycles. The summed E-state index contributed by atoms with van der Waals surface area (Å²) >= 11 is 4.17. The molecule has 0 saturated carbocycles. The molecule has 2 heteroatoms. The van der Waals surface area contributed by atoms with Crippen molar-refractivity contribution in [2.24, 2.45) is 0 Å². The Morgan fingerprint density at radius 1 is 0.895 bits per heavy atom. The van der Waals surface area contributed by atoms with E-state index in [1.165, 1.54) is 36.0 Å². The molecule has 0 saturated heterocycles. The predicted octanol–water partition coefficient (Wildman–Crippen LogP) is 4.93. The minimum atomic E-state index is 0.903. The van der Waals surface area contributed by atoms with Gasteiger partial charge in [-0.3, -0.25) is 0 Å². The SMILES string of the molecule is CC(C)=CCCC(C)=CCCC(C)=CCNCCS. The van der Waals surface area contributed by atoms with Gasteiger partial charge in [0.2, 0.25) is 0 Å². The molecule has 1 N–H and O–H groups in total. The lowest BCUT2D eigenvalue weighted by atomic mass is 10.1. The van der Waals surface area contributed by atoms with E-state index in [-0.39, 0.29) is 0 Å². The Hall–Kier alpha value is -0.470. The lowest BCUT2D eigenvalue weighted by Gasteiger charge is -2.02. The van der Waals surface area contributed by atoms with Crippen molar-refractivity contribution in [3.05, 3.63) is 34.9 Å². The molecule has 0 atom stereocenters. The van der Waals surface area contributed by atoms with Crippen LogP contribution >= 0.6 is 12.6 Å². The summed E-state index contributed by atoms with van der Waals surface area (Å²) in [4.78, 5) is 0. The number of hydrogen-bond acceptors (Lipinski definition) is 2. The van der Waals surface area contributed by atoms with Gasteiger partial charge in [-0.2, -0.15) is 12.6 Å². The fourth-order valence-electron chi connectivity index (χ4n) is 1.77. The number of allylic oxidation sites excluding steroid dienone is 5. The number of thiol groups is 1. The van der Waals surface area contributed by atoms with Crippen LogP contribution in [0.25, 0.3) is 0 Å². The summed E-state index contributed by atoms with van der Waals surface area (Å²) in [5.74, 6) is 0.903. The first-order valence-electron chi connectivity index (χ1n) is 7.32. The molecule has 0 radical (unpaired) electrons. The molecule has 0 aromatic carbocycles. The fourth-order valence-corrected chi connectivity index (χ4v) is 1.92. The van der Waals surface area contributed by atoms with E-state index in [0.29, 0.717) is 0 Å². The average molecular weight is 282 g/mol. The highest BCUT2D eigenvalue weighted by Crippen LogP contribution is 2.11. The van der Waals surface area contributed by atoms with Gasteiger partial charge in [0.25, 0.3) is 0 Å². The zero-order chi connectivity index (χ0) is 14.5. The van der Waals surface area contributed by atoms with Crippen LogP contribution in [0.2, 0.25) is 0 Å². The molecule has 1 nitrogen and oxygen atoms in total. The molecule has 0 amide bonds. The maximum atomic E-state index is 4.17. The summed E-state index contributed by atoms with van der Waals surface area (Å²) in [6.07, 6.45) is 11.7. The molecule has 0 aromatic rings. The molecule has 0 heterocycles. The normalized spacial score (nSPS) is 12.7. The number of rotatable bonds is 10. The van der Waals surface area contributed by atoms with Crippen molar-refractivity contribution in [3.63, 3.8) is 0 Å². The number of nitrogens with one attached hydrogen (secondary N) is 1. The third-order valence-corrected chi connectivity index (χ3v) is 3.23. The standard InChI is InChI=1S/C17H31NS/c1-15(2)7-5-8-16(3)9-6-10-17(4)11-12-18-13-14-19/h7,9,11,18-19H,5-6,8,10,12-14H2,1-4H3. The summed E-state index contributed by atoms with van der Waals surface area (Å²) in [6.45, 7) is 10.7. The lowest BCUT2D eigenvalue weighted by Crippen LogP contribution is -2.16. The lowest BCUT2D eigenvalue weighted by molar-refractivity contribution is 0.798. The van der Waals surface area contributed by atoms with Crippen molar-refractivity contribution in [3.8, 4) is 0 Å². The van der Waals surface area contributed by atoms with Crippen molar-refractivity contribution < 1.29 is 0 Å². The van der Waals surface area contributed by atoms with Crippen molar-refractivity contribution >= 4 is 12.6 Å². The van der Waals surface area contributed by atoms with Crippen molar-refractivity contribution in [2.45, 2.75) is 53.4 Å². The first kappa shape index (κ1) is 18.5. The van der Waals surface area contributed by atoms with Gasteiger partial charge in [-0.15, -0.1) is 0 Å². The van der Waals surface area contributed by atoms with Crippen LogP contribution in [0.4, 0.5) is 0 Å². The van der Waals surface area contributed by atoms with Crippen LogP contribution < -0.4 is 5.32 Å². The molecule has 0 aliphatic rings. The van der Waals surface area contributed by atoms with Crippen LogP contribution in [-0.2, 0) is 0 Å². The molecule has 110 valence electrons. The van der Waals surface area contributed by atoms with Crippen LogP contribution in [0.3, 0.4) is 0 Å². The Bertz CT molecular complexity index is 309. The van der Waals surface area contributed by atoms with Gasteiger partial charge in [0, 0.05) is 18.8 Å². The van der Waals surface area contributed by atoms with E-state index in [1.807, 2.05) is 0 Å². The van der Waals surface area contributed by atoms with Crippen LogP contribution in [0.1, 0.15) is 53.4 Å². The average Bonchev–Trinajstić information content (AvgIpc) is 2.34. The Balaban J connectivity index is 3.77. The summed E-state index contributed by atoms with van der Waals surface area (Å²) in [5.41, 5.74) is 4.40. The van der Waals surface area contributed by atoms with E-state index in [1.54, 1.807) is 0 Å². The Morgan fingerprint density at radius 3 is 2.05 bits per heavy atom. The zero-order valence-corrected chi connectivity index (χ0v) is 14.0. The molecular weight excluding hydrogens is 250 g/mol. The van der Waals surface area contributed by atoms with Gasteiger partial charge in [0.15, 0.2) is 0 Å². The van der Waals surface area contributed by atoms with Crippen molar-refractivity contribution in [1.29, 1.82) is 0 Å². The van der Waals surface area contributed by atoms with Gasteiger partial charge in [-0.05, 0) is 53.4 Å². The molecule has 0 aliphatic carbocycles. The van der Waals surface area contributed by atoms with E-state index >= 15 is 0 Å². The van der Waals surface area contributed by atoms with Crippen molar-refractivity contribution in [1.82, 2.24) is 5.32 Å². The zero-order valence-electron chi connectivity index (χ0n) is 13.1. The first-order chi connectivity index (χ1) is 9.06. The second-order valence-corrected chi connectivity index (χ2v) is 5.83. The van der Waals surface area contributed by atoms with Gasteiger partial charge >= 0.3 is 0 Å². The topological polar surface area (TPSA) is 12.0 Å². The molecular formula is C17H31NS. The molecule has 0 rings (SSSR count). The number of hydrogen-bond donors (Lipinski definition) is 2. The van der Waals surface area contributed by atoms with Gasteiger partial charge in [0.1, 0.15) is 0 Å². The van der Waals surface area contributed by atoms with Gasteiger partial charge in [-0.1, -0.05) is 34.9 Å². The van der Waals surface area contributed by atoms with Gasteiger partial charge < -0.3 is 5.32 Å². The quantitative estimate of drug-likeness (QED) is 0.329. The third-order valence-electron chi connectivity index (χ3n) is 3.01. The molecule has 0 bridgehead atoms. The van der Waals surface area contributed by atoms with Crippen LogP contribution in [0.15, 0.2) is 34.9 Å². The van der Waals surface area contributed by atoms with Gasteiger partial charge in [-0.25, -0.2) is 0 Å². The molecule has 0 aliphatic heterocycles. The van der Waals surface area contributed by atoms with E-state index in [4.69, 9.17) is 0 Å². The highest BCUT2D eigenvalue weighted by Gasteiger charge is 1.92. The second kappa shape index (κ2) is 12.6. The molecule has 0 fully saturated rings. The summed E-state index contributed by atoms with van der Waals surface area (Å²) in [6, 6.07) is 0. The van der Waals surface area contributed by atoms with E-state index < -0.39 is 0 Å². The third kappa shape index (κ3) is 13.8. The second-order valence-electron chi connectivity index (χ2n) is 5.39. The first-order valence-corrected chi connectivity index (χ1v) is 7.95. The minimum Gasteiger partial charge on any atom is -0.312 e.